The van der Waals surface area contributed by atoms with Crippen LogP contribution >= 0.6 is 7.82 Å². The van der Waals surface area contributed by atoms with Crippen LogP contribution < -0.4 is 0 Å². The molecule has 0 aromatic heterocycles. The maximum atomic E-state index is 12.9. The maximum Gasteiger partial charge on any atom is 0.472 e. The Hall–Kier alpha value is -2.81. The SMILES string of the molecule is CC/C=C\C/C=C\C/C=C\C/C=C\C/C=C\C/C=C\C/C=C\CCCCCCCCCCCCCCCCCCCC(=O)OC(COC(=O)CCCCCCCCCCCCCCCCCCCCCCCCCCCCCCCCCCCCCCCCC)COP(=O)(O)OCC[N+](C)(C)C. The zero-order chi connectivity index (χ0) is 74.0. The van der Waals surface area contributed by atoms with Crippen molar-refractivity contribution in [3.63, 3.8) is 0 Å². The Bertz CT molecular complexity index is 2000. The predicted molar refractivity (Wildman–Crippen MR) is 446 cm³/mol. The Labute approximate surface area is 634 Å². The highest BCUT2D eigenvalue weighted by atomic mass is 31.2. The van der Waals surface area contributed by atoms with Gasteiger partial charge in [0.1, 0.15) is 19.8 Å². The Balaban J connectivity index is 3.88. The maximum absolute atomic E-state index is 12.9. The van der Waals surface area contributed by atoms with E-state index in [0.717, 1.165) is 77.0 Å². The summed E-state index contributed by atoms with van der Waals surface area (Å²) in [4.78, 5) is 36.1. The second-order valence-corrected chi connectivity index (χ2v) is 32.7. The number of likely N-dealkylation sites (N-methyl/N-ethyl adjacent to an activating group) is 1. The van der Waals surface area contributed by atoms with Crippen LogP contribution in [0.3, 0.4) is 0 Å². The molecule has 0 rings (SSSR count). The van der Waals surface area contributed by atoms with Gasteiger partial charge in [0.15, 0.2) is 6.10 Å². The lowest BCUT2D eigenvalue weighted by Gasteiger charge is -2.24. The number of rotatable bonds is 83. The normalized spacial score (nSPS) is 13.4. The van der Waals surface area contributed by atoms with Crippen LogP contribution in [0.2, 0.25) is 0 Å². The minimum Gasteiger partial charge on any atom is -0.462 e. The van der Waals surface area contributed by atoms with Crippen LogP contribution in [0.25, 0.3) is 0 Å². The number of ether oxygens (including phenoxy) is 2. The van der Waals surface area contributed by atoms with Gasteiger partial charge in [-0.25, -0.2) is 4.57 Å². The number of hydrogen-bond donors (Lipinski definition) is 1. The Morgan fingerprint density at radius 2 is 0.559 bits per heavy atom. The van der Waals surface area contributed by atoms with Crippen LogP contribution in [-0.4, -0.2) is 74.9 Å². The third-order valence-corrected chi connectivity index (χ3v) is 20.9. The van der Waals surface area contributed by atoms with Crippen molar-refractivity contribution in [1.29, 1.82) is 0 Å². The molecule has 10 heteroatoms. The van der Waals surface area contributed by atoms with Crippen molar-refractivity contribution in [3.8, 4) is 0 Å². The van der Waals surface area contributed by atoms with E-state index in [9.17, 15) is 19.0 Å². The highest BCUT2D eigenvalue weighted by Gasteiger charge is 2.27. The lowest BCUT2D eigenvalue weighted by Crippen LogP contribution is -2.37. The smallest absolute Gasteiger partial charge is 0.462 e. The van der Waals surface area contributed by atoms with Crippen molar-refractivity contribution in [2.75, 3.05) is 47.5 Å². The quantitative estimate of drug-likeness (QED) is 0.0211. The second kappa shape index (κ2) is 82.3. The summed E-state index contributed by atoms with van der Waals surface area (Å²) in [6, 6.07) is 0. The largest absolute Gasteiger partial charge is 0.472 e. The van der Waals surface area contributed by atoms with Crippen molar-refractivity contribution < 1.29 is 42.1 Å². The van der Waals surface area contributed by atoms with Crippen molar-refractivity contribution in [2.45, 2.75) is 444 Å². The third kappa shape index (κ3) is 86.1. The monoisotopic (exact) mass is 1450 g/mol. The van der Waals surface area contributed by atoms with Gasteiger partial charge in [0.25, 0.3) is 0 Å². The number of phosphoric acid groups is 1. The average molecular weight is 1450 g/mol. The summed E-state index contributed by atoms with van der Waals surface area (Å²) in [6.45, 7) is 4.39. The Kier molecular flexibility index (Phi) is 80.0. The van der Waals surface area contributed by atoms with E-state index in [0.29, 0.717) is 23.9 Å². The predicted octanol–water partition coefficient (Wildman–Crippen LogP) is 30.0. The zero-order valence-corrected chi connectivity index (χ0v) is 69.3. The van der Waals surface area contributed by atoms with Crippen molar-refractivity contribution in [2.24, 2.45) is 0 Å². The van der Waals surface area contributed by atoms with E-state index in [1.165, 1.54) is 327 Å². The van der Waals surface area contributed by atoms with Gasteiger partial charge in [0, 0.05) is 12.8 Å². The highest BCUT2D eigenvalue weighted by molar-refractivity contribution is 7.47. The number of esters is 2. The van der Waals surface area contributed by atoms with Crippen LogP contribution in [0.15, 0.2) is 85.1 Å². The first-order valence-electron chi connectivity index (χ1n) is 44.3. The summed E-state index contributed by atoms with van der Waals surface area (Å²) in [5.74, 6) is -0.776. The van der Waals surface area contributed by atoms with Crippen LogP contribution in [0.5, 0.6) is 0 Å². The summed E-state index contributed by atoms with van der Waals surface area (Å²) in [7, 11) is 1.50. The lowest BCUT2D eigenvalue weighted by atomic mass is 10.0. The fraction of sp³-hybridized carbons (Fsp3) is 0.826. The van der Waals surface area contributed by atoms with Gasteiger partial charge in [0.05, 0.1) is 27.7 Å². The molecule has 0 aliphatic heterocycles. The summed E-state index contributed by atoms with van der Waals surface area (Å²) < 4.78 is 34.9. The molecule has 0 saturated heterocycles. The van der Waals surface area contributed by atoms with E-state index in [4.69, 9.17) is 18.5 Å². The molecule has 0 aliphatic rings. The third-order valence-electron chi connectivity index (χ3n) is 19.9. The molecule has 0 spiro atoms. The van der Waals surface area contributed by atoms with Gasteiger partial charge in [-0.15, -0.1) is 0 Å². The second-order valence-electron chi connectivity index (χ2n) is 31.3. The summed E-state index contributed by atoms with van der Waals surface area (Å²) >= 11 is 0. The molecule has 0 bridgehead atoms. The number of carbonyl (C=O) groups excluding carboxylic acids is 2. The minimum absolute atomic E-state index is 0.0326. The highest BCUT2D eigenvalue weighted by Crippen LogP contribution is 2.43. The summed E-state index contributed by atoms with van der Waals surface area (Å²) in [5.41, 5.74) is 0. The molecule has 0 aromatic carbocycles. The first-order valence-corrected chi connectivity index (χ1v) is 45.8. The molecule has 9 nitrogen and oxygen atoms in total. The Morgan fingerprint density at radius 1 is 0.314 bits per heavy atom. The van der Waals surface area contributed by atoms with Gasteiger partial charge >= 0.3 is 19.8 Å². The van der Waals surface area contributed by atoms with E-state index >= 15 is 0 Å². The van der Waals surface area contributed by atoms with E-state index in [2.05, 4.69) is 98.9 Å². The van der Waals surface area contributed by atoms with E-state index in [1.807, 2.05) is 21.1 Å². The first-order chi connectivity index (χ1) is 50.0. The molecule has 0 saturated carbocycles. The number of carbonyl (C=O) groups is 2. The van der Waals surface area contributed by atoms with Crippen LogP contribution in [0.4, 0.5) is 0 Å². The molecule has 0 heterocycles. The number of allylic oxidation sites excluding steroid dienone is 14. The van der Waals surface area contributed by atoms with Crippen molar-refractivity contribution in [3.05, 3.63) is 85.1 Å². The lowest BCUT2D eigenvalue weighted by molar-refractivity contribution is -0.870. The van der Waals surface area contributed by atoms with Crippen molar-refractivity contribution >= 4 is 19.8 Å². The number of phosphoric ester groups is 1. The molecule has 0 amide bonds. The van der Waals surface area contributed by atoms with Gasteiger partial charge in [-0.05, 0) is 70.6 Å². The molecule has 1 N–H and O–H groups in total. The van der Waals surface area contributed by atoms with Gasteiger partial charge in [0.2, 0.25) is 0 Å². The minimum atomic E-state index is -4.40. The number of unbranched alkanes of at least 4 members (excludes halogenated alkanes) is 55. The van der Waals surface area contributed by atoms with Gasteiger partial charge in [-0.1, -0.05) is 439 Å². The molecular weight excluding hydrogens is 1280 g/mol. The van der Waals surface area contributed by atoms with Crippen LogP contribution in [0, 0.1) is 0 Å². The van der Waals surface area contributed by atoms with E-state index < -0.39 is 26.5 Å². The molecule has 2 unspecified atom stereocenters. The fourth-order valence-corrected chi connectivity index (χ4v) is 14.0. The van der Waals surface area contributed by atoms with E-state index in [1.54, 1.807) is 0 Å². The number of hydrogen-bond acceptors (Lipinski definition) is 7. The van der Waals surface area contributed by atoms with Crippen LogP contribution in [0.1, 0.15) is 438 Å². The fourth-order valence-electron chi connectivity index (χ4n) is 13.2. The molecule has 0 fully saturated rings. The zero-order valence-electron chi connectivity index (χ0n) is 68.4. The first kappa shape index (κ1) is 99.2. The van der Waals surface area contributed by atoms with Crippen molar-refractivity contribution in [1.82, 2.24) is 0 Å². The van der Waals surface area contributed by atoms with Crippen LogP contribution in [-0.2, 0) is 32.7 Å². The Morgan fingerprint density at radius 3 is 0.833 bits per heavy atom. The summed E-state index contributed by atoms with van der Waals surface area (Å²) in [6.07, 6.45) is 115. The van der Waals surface area contributed by atoms with Gasteiger partial charge in [-0.2, -0.15) is 0 Å². The van der Waals surface area contributed by atoms with Gasteiger partial charge < -0.3 is 18.9 Å². The molecule has 0 radical (unpaired) electrons. The standard InChI is InChI=1S/C92H170NO8P/c1-6-8-10-12-14-16-18-20-22-24-26-28-30-32-34-36-38-40-42-44-46-48-50-52-54-56-58-60-62-64-66-68-70-72-74-76-78-80-82-84-91(94)98-88-90(89-100-102(96,97)99-87-86-93(3,4)5)101-92(95)85-83-81-79-77-75-73-71-69-67-65-63-61-59-57-55-53-51-49-47-45-43-41-39-37-35-33-31-29-27-25-23-21-19-17-15-13-11-9-7-2/h9,11,15,17,21,23,27,29,33,35,39,41,45,47,90H,6-8,10,12-14,16,18-20,22,24-26,28,30-32,34,36-38,40,42-44,46,48-89H2,1-5H3/p+1/b11-9-,17-15-,23-21-,29-27-,35-33-,41-39-,47-45-. The number of quaternary nitrogens is 1. The van der Waals surface area contributed by atoms with E-state index in [-0.39, 0.29) is 25.6 Å². The molecule has 0 aromatic rings. The average Bonchev–Trinajstić information content (AvgIpc) is 0.914. The summed E-state index contributed by atoms with van der Waals surface area (Å²) in [5, 5.41) is 0. The topological polar surface area (TPSA) is 108 Å². The molecule has 596 valence electrons. The molecule has 102 heavy (non-hydrogen) atoms. The molecule has 2 atom stereocenters. The molecular formula is C92H171NO8P+. The van der Waals surface area contributed by atoms with Gasteiger partial charge in [-0.3, -0.25) is 18.6 Å². The number of nitrogens with zero attached hydrogens (tertiary/aromatic N) is 1. The molecule has 0 aliphatic carbocycles.